The lowest BCUT2D eigenvalue weighted by atomic mass is 10.2. The highest BCUT2D eigenvalue weighted by atomic mass is 19.4. The van der Waals surface area contributed by atoms with Gasteiger partial charge in [0, 0.05) is 13.0 Å². The number of nitriles is 1. The van der Waals surface area contributed by atoms with E-state index < -0.39 is 12.6 Å². The molecule has 0 atom stereocenters. The second-order valence-electron chi connectivity index (χ2n) is 4.34. The second kappa shape index (κ2) is 8.43. The Hall–Kier alpha value is -1.74. The van der Waals surface area contributed by atoms with E-state index in [9.17, 15) is 13.2 Å². The molecule has 0 unspecified atom stereocenters. The highest BCUT2D eigenvalue weighted by Gasteiger charge is 2.25. The minimum absolute atomic E-state index is 0.00563. The second-order valence-corrected chi connectivity index (χ2v) is 4.34. The van der Waals surface area contributed by atoms with Crippen LogP contribution < -0.4 is 10.1 Å². The van der Waals surface area contributed by atoms with Crippen LogP contribution in [0.15, 0.2) is 24.3 Å². The molecule has 0 fully saturated rings. The average molecular weight is 286 g/mol. The van der Waals surface area contributed by atoms with Crippen LogP contribution in [0.25, 0.3) is 0 Å². The molecular weight excluding hydrogens is 269 g/mol. The highest BCUT2D eigenvalue weighted by molar-refractivity contribution is 5.28. The quantitative estimate of drug-likeness (QED) is 0.745. The minimum Gasteiger partial charge on any atom is -0.479 e. The molecule has 0 aliphatic heterocycles. The van der Waals surface area contributed by atoms with Gasteiger partial charge >= 0.3 is 6.18 Å². The van der Waals surface area contributed by atoms with Crippen molar-refractivity contribution in [3.63, 3.8) is 0 Å². The Labute approximate surface area is 116 Å². The summed E-state index contributed by atoms with van der Waals surface area (Å²) in [6.45, 7) is 1.10. The molecule has 0 saturated heterocycles. The lowest BCUT2D eigenvalue weighted by Crippen LogP contribution is -2.16. The Kier molecular flexibility index (Phi) is 6.88. The van der Waals surface area contributed by atoms with E-state index in [0.29, 0.717) is 25.3 Å². The molecule has 0 saturated carbocycles. The number of benzene rings is 1. The van der Waals surface area contributed by atoms with E-state index in [4.69, 9.17) is 10.00 Å². The van der Waals surface area contributed by atoms with Gasteiger partial charge in [0.25, 0.3) is 0 Å². The average Bonchev–Trinajstić information content (AvgIpc) is 2.40. The molecule has 0 radical (unpaired) electrons. The first kappa shape index (κ1) is 16.3. The Morgan fingerprint density at radius 3 is 2.75 bits per heavy atom. The van der Waals surface area contributed by atoms with Crippen molar-refractivity contribution in [2.45, 2.75) is 32.0 Å². The van der Waals surface area contributed by atoms with E-state index >= 15 is 0 Å². The van der Waals surface area contributed by atoms with E-state index in [1.54, 1.807) is 12.1 Å². The van der Waals surface area contributed by atoms with E-state index in [-0.39, 0.29) is 13.0 Å². The van der Waals surface area contributed by atoms with Gasteiger partial charge in [0.15, 0.2) is 6.61 Å². The fourth-order valence-corrected chi connectivity index (χ4v) is 1.67. The molecule has 0 aliphatic rings. The zero-order chi connectivity index (χ0) is 14.8. The molecule has 0 aromatic heterocycles. The smallest absolute Gasteiger partial charge is 0.389 e. The van der Waals surface area contributed by atoms with Crippen molar-refractivity contribution >= 4 is 0 Å². The lowest BCUT2D eigenvalue weighted by Gasteiger charge is -2.08. The van der Waals surface area contributed by atoms with Crippen molar-refractivity contribution in [3.05, 3.63) is 29.8 Å². The SMILES string of the molecule is N#CCOc1cccc(CNCCCCC(F)(F)F)c1. The molecule has 20 heavy (non-hydrogen) atoms. The summed E-state index contributed by atoms with van der Waals surface area (Å²) >= 11 is 0. The van der Waals surface area contributed by atoms with Gasteiger partial charge in [0.2, 0.25) is 0 Å². The summed E-state index contributed by atoms with van der Waals surface area (Å²) in [5, 5.41) is 11.5. The molecule has 6 heteroatoms. The van der Waals surface area contributed by atoms with Crippen LogP contribution in [0.2, 0.25) is 0 Å². The highest BCUT2D eigenvalue weighted by Crippen LogP contribution is 2.21. The maximum absolute atomic E-state index is 11.9. The molecule has 1 aromatic carbocycles. The molecule has 0 spiro atoms. The van der Waals surface area contributed by atoms with Gasteiger partial charge in [-0.05, 0) is 37.1 Å². The Morgan fingerprint density at radius 1 is 1.25 bits per heavy atom. The van der Waals surface area contributed by atoms with Crippen LogP contribution in [-0.2, 0) is 6.54 Å². The maximum atomic E-state index is 11.9. The molecule has 0 amide bonds. The summed E-state index contributed by atoms with van der Waals surface area (Å²) in [6.07, 6.45) is -4.16. The molecule has 0 aliphatic carbocycles. The van der Waals surface area contributed by atoms with Gasteiger partial charge < -0.3 is 10.1 Å². The van der Waals surface area contributed by atoms with Gasteiger partial charge in [0.05, 0.1) is 0 Å². The standard InChI is InChI=1S/C14H17F3N2O/c15-14(16,17)6-1-2-8-19-11-12-4-3-5-13(10-12)20-9-7-18/h3-5,10,19H,1-2,6,8-9,11H2. The lowest BCUT2D eigenvalue weighted by molar-refractivity contribution is -0.135. The first-order chi connectivity index (χ1) is 9.51. The van der Waals surface area contributed by atoms with Crippen molar-refractivity contribution in [1.29, 1.82) is 5.26 Å². The molecule has 3 nitrogen and oxygen atoms in total. The van der Waals surface area contributed by atoms with E-state index in [1.165, 1.54) is 0 Å². The van der Waals surface area contributed by atoms with Gasteiger partial charge in [-0.3, -0.25) is 0 Å². The van der Waals surface area contributed by atoms with Crippen molar-refractivity contribution in [2.75, 3.05) is 13.2 Å². The number of nitrogens with one attached hydrogen (secondary N) is 1. The maximum Gasteiger partial charge on any atom is 0.389 e. The van der Waals surface area contributed by atoms with Crippen LogP contribution >= 0.6 is 0 Å². The van der Waals surface area contributed by atoms with Crippen LogP contribution in [0.1, 0.15) is 24.8 Å². The Morgan fingerprint density at radius 2 is 2.05 bits per heavy atom. The van der Waals surface area contributed by atoms with Crippen molar-refractivity contribution < 1.29 is 17.9 Å². The number of halogens is 3. The number of unbranched alkanes of at least 4 members (excludes halogenated alkanes) is 1. The first-order valence-electron chi connectivity index (χ1n) is 6.37. The van der Waals surface area contributed by atoms with Gasteiger partial charge in [-0.25, -0.2) is 0 Å². The molecule has 1 aromatic rings. The van der Waals surface area contributed by atoms with E-state index in [2.05, 4.69) is 5.32 Å². The number of rotatable bonds is 8. The number of hydrogen-bond donors (Lipinski definition) is 1. The third-order valence-corrected chi connectivity index (χ3v) is 2.59. The van der Waals surface area contributed by atoms with Crippen LogP contribution in [0.5, 0.6) is 5.75 Å². The van der Waals surface area contributed by atoms with Crippen molar-refractivity contribution in [2.24, 2.45) is 0 Å². The number of hydrogen-bond acceptors (Lipinski definition) is 3. The van der Waals surface area contributed by atoms with E-state index in [0.717, 1.165) is 5.56 Å². The molecule has 1 rings (SSSR count). The molecule has 1 N–H and O–H groups in total. The Balaban J connectivity index is 2.20. The number of alkyl halides is 3. The summed E-state index contributed by atoms with van der Waals surface area (Å²) in [4.78, 5) is 0. The number of ether oxygens (including phenoxy) is 1. The van der Waals surface area contributed by atoms with Crippen molar-refractivity contribution in [3.8, 4) is 11.8 Å². The fourth-order valence-electron chi connectivity index (χ4n) is 1.67. The molecular formula is C14H17F3N2O. The molecule has 0 heterocycles. The fraction of sp³-hybridized carbons (Fsp3) is 0.500. The van der Waals surface area contributed by atoms with Crippen LogP contribution in [0.4, 0.5) is 13.2 Å². The zero-order valence-corrected chi connectivity index (χ0v) is 11.0. The van der Waals surface area contributed by atoms with Crippen LogP contribution in [-0.4, -0.2) is 19.3 Å². The Bertz CT molecular complexity index is 441. The third kappa shape index (κ3) is 7.64. The van der Waals surface area contributed by atoms with Gasteiger partial charge in [0.1, 0.15) is 11.8 Å². The summed E-state index contributed by atoms with van der Waals surface area (Å²) in [5.74, 6) is 0.614. The summed E-state index contributed by atoms with van der Waals surface area (Å²) in [7, 11) is 0. The zero-order valence-electron chi connectivity index (χ0n) is 11.0. The largest absolute Gasteiger partial charge is 0.479 e. The molecule has 110 valence electrons. The third-order valence-electron chi connectivity index (χ3n) is 2.59. The predicted octanol–water partition coefficient (Wildman–Crippen LogP) is 3.41. The summed E-state index contributed by atoms with van der Waals surface area (Å²) in [5.41, 5.74) is 0.969. The van der Waals surface area contributed by atoms with Gasteiger partial charge in [-0.15, -0.1) is 0 Å². The predicted molar refractivity (Wildman–Crippen MR) is 69.2 cm³/mol. The minimum atomic E-state index is -4.06. The van der Waals surface area contributed by atoms with Crippen molar-refractivity contribution in [1.82, 2.24) is 5.32 Å². The van der Waals surface area contributed by atoms with E-state index in [1.807, 2.05) is 18.2 Å². The topological polar surface area (TPSA) is 45.0 Å². The summed E-state index contributed by atoms with van der Waals surface area (Å²) < 4.78 is 40.9. The van der Waals surface area contributed by atoms with Crippen LogP contribution in [0.3, 0.4) is 0 Å². The van der Waals surface area contributed by atoms with Gasteiger partial charge in [-0.1, -0.05) is 12.1 Å². The summed E-state index contributed by atoms with van der Waals surface area (Å²) in [6, 6.07) is 9.15. The normalized spacial score (nSPS) is 11.1. The first-order valence-corrected chi connectivity index (χ1v) is 6.37. The van der Waals surface area contributed by atoms with Crippen LogP contribution in [0, 0.1) is 11.3 Å². The number of nitrogens with zero attached hydrogens (tertiary/aromatic N) is 1. The molecule has 0 bridgehead atoms. The monoisotopic (exact) mass is 286 g/mol. The van der Waals surface area contributed by atoms with Gasteiger partial charge in [-0.2, -0.15) is 18.4 Å².